The van der Waals surface area contributed by atoms with Crippen molar-refractivity contribution in [3.05, 3.63) is 53.6 Å². The van der Waals surface area contributed by atoms with Crippen LogP contribution in [0.1, 0.15) is 15.9 Å². The molecule has 1 saturated heterocycles. The molecule has 2 aromatic carbocycles. The van der Waals surface area contributed by atoms with Crippen LogP contribution in [0.5, 0.6) is 5.75 Å². The van der Waals surface area contributed by atoms with Crippen molar-refractivity contribution < 1.29 is 14.3 Å². The molecule has 1 amide bonds. The molecule has 1 fully saturated rings. The van der Waals surface area contributed by atoms with Gasteiger partial charge in [0, 0.05) is 17.3 Å². The minimum absolute atomic E-state index is 0.0226. The zero-order valence-corrected chi connectivity index (χ0v) is 16.4. The van der Waals surface area contributed by atoms with Crippen LogP contribution in [0.4, 0.5) is 0 Å². The van der Waals surface area contributed by atoms with Crippen molar-refractivity contribution in [3.8, 4) is 16.9 Å². The lowest BCUT2D eigenvalue weighted by molar-refractivity contribution is -0.107. The predicted molar refractivity (Wildman–Crippen MR) is 105 cm³/mol. The van der Waals surface area contributed by atoms with Gasteiger partial charge < -0.3 is 14.4 Å². The average molecular weight is 416 g/mol. The standard InChI is InChI=1S/C21H22BrNO3/c1-15-2-4-16(5-3-15)17-6-7-19-18(10-17)20(24)23(8-9-26-19)12-21(11-22)13-25-14-21/h2-7,10H,8-9,11-14H2,1H3. The number of alkyl halides is 1. The van der Waals surface area contributed by atoms with E-state index in [-0.39, 0.29) is 11.3 Å². The molecule has 136 valence electrons. The minimum atomic E-state index is 0.0226. The number of amides is 1. The summed E-state index contributed by atoms with van der Waals surface area (Å²) in [4.78, 5) is 15.1. The molecule has 2 aliphatic heterocycles. The molecule has 26 heavy (non-hydrogen) atoms. The smallest absolute Gasteiger partial charge is 0.257 e. The average Bonchev–Trinajstić information content (AvgIpc) is 2.78. The Morgan fingerprint density at radius 2 is 1.85 bits per heavy atom. The molecule has 0 atom stereocenters. The Kier molecular flexibility index (Phi) is 4.76. The highest BCUT2D eigenvalue weighted by atomic mass is 79.9. The van der Waals surface area contributed by atoms with E-state index < -0.39 is 0 Å². The van der Waals surface area contributed by atoms with Crippen LogP contribution >= 0.6 is 15.9 Å². The van der Waals surface area contributed by atoms with E-state index in [9.17, 15) is 4.79 Å². The van der Waals surface area contributed by atoms with Crippen LogP contribution in [-0.4, -0.2) is 49.0 Å². The van der Waals surface area contributed by atoms with Crippen LogP contribution in [0, 0.1) is 12.3 Å². The van der Waals surface area contributed by atoms with Gasteiger partial charge in [-0.3, -0.25) is 4.79 Å². The number of carbonyl (C=O) groups is 1. The summed E-state index contributed by atoms with van der Waals surface area (Å²) < 4.78 is 11.2. The second-order valence-corrected chi connectivity index (χ2v) is 7.84. The number of aryl methyl sites for hydroxylation is 1. The normalized spacial score (nSPS) is 18.5. The lowest BCUT2D eigenvalue weighted by Crippen LogP contribution is -2.53. The highest BCUT2D eigenvalue weighted by molar-refractivity contribution is 9.09. The number of hydrogen-bond donors (Lipinski definition) is 0. The van der Waals surface area contributed by atoms with Crippen molar-refractivity contribution in [1.82, 2.24) is 4.90 Å². The zero-order valence-electron chi connectivity index (χ0n) is 14.8. The lowest BCUT2D eigenvalue weighted by atomic mass is 9.87. The van der Waals surface area contributed by atoms with Gasteiger partial charge in [-0.1, -0.05) is 51.8 Å². The quantitative estimate of drug-likeness (QED) is 0.710. The number of halogens is 1. The Morgan fingerprint density at radius 1 is 1.12 bits per heavy atom. The molecular formula is C21H22BrNO3. The number of rotatable bonds is 4. The summed E-state index contributed by atoms with van der Waals surface area (Å²) in [5, 5.41) is 0.834. The molecule has 0 radical (unpaired) electrons. The molecular weight excluding hydrogens is 394 g/mol. The van der Waals surface area contributed by atoms with Gasteiger partial charge >= 0.3 is 0 Å². The van der Waals surface area contributed by atoms with E-state index in [0.29, 0.717) is 44.2 Å². The number of benzene rings is 2. The van der Waals surface area contributed by atoms with Gasteiger partial charge in [0.05, 0.1) is 25.3 Å². The van der Waals surface area contributed by atoms with Gasteiger partial charge in [-0.15, -0.1) is 0 Å². The van der Waals surface area contributed by atoms with E-state index in [4.69, 9.17) is 9.47 Å². The third-order valence-electron chi connectivity index (χ3n) is 5.13. The van der Waals surface area contributed by atoms with Gasteiger partial charge in [-0.25, -0.2) is 0 Å². The maximum atomic E-state index is 13.2. The van der Waals surface area contributed by atoms with Gasteiger partial charge in [-0.05, 0) is 30.2 Å². The van der Waals surface area contributed by atoms with E-state index >= 15 is 0 Å². The van der Waals surface area contributed by atoms with E-state index in [2.05, 4.69) is 47.1 Å². The molecule has 4 nitrogen and oxygen atoms in total. The van der Waals surface area contributed by atoms with Crippen LogP contribution in [0.3, 0.4) is 0 Å². The second kappa shape index (κ2) is 7.05. The molecule has 0 N–H and O–H groups in total. The Balaban J connectivity index is 1.64. The number of carbonyl (C=O) groups excluding carboxylic acids is 1. The van der Waals surface area contributed by atoms with E-state index in [1.165, 1.54) is 5.56 Å². The van der Waals surface area contributed by atoms with Crippen molar-refractivity contribution in [2.24, 2.45) is 5.41 Å². The van der Waals surface area contributed by atoms with E-state index in [1.54, 1.807) is 0 Å². The maximum absolute atomic E-state index is 13.2. The molecule has 2 aliphatic rings. The van der Waals surface area contributed by atoms with Crippen molar-refractivity contribution in [2.75, 3.05) is 38.2 Å². The first-order valence-electron chi connectivity index (χ1n) is 8.87. The first-order chi connectivity index (χ1) is 12.6. The SMILES string of the molecule is Cc1ccc(-c2ccc3c(c2)C(=O)N(CC2(CBr)COC2)CCO3)cc1. The van der Waals surface area contributed by atoms with Crippen LogP contribution < -0.4 is 4.74 Å². The summed E-state index contributed by atoms with van der Waals surface area (Å²) in [6.07, 6.45) is 0. The fourth-order valence-electron chi connectivity index (χ4n) is 3.44. The summed E-state index contributed by atoms with van der Waals surface area (Å²) in [6.45, 7) is 5.26. The minimum Gasteiger partial charge on any atom is -0.491 e. The Bertz CT molecular complexity index is 809. The molecule has 0 saturated carbocycles. The molecule has 0 spiro atoms. The van der Waals surface area contributed by atoms with Crippen LogP contribution in [0.2, 0.25) is 0 Å². The summed E-state index contributed by atoms with van der Waals surface area (Å²) in [7, 11) is 0. The molecule has 0 aliphatic carbocycles. The second-order valence-electron chi connectivity index (χ2n) is 7.28. The van der Waals surface area contributed by atoms with Crippen LogP contribution in [0.15, 0.2) is 42.5 Å². The third kappa shape index (κ3) is 3.26. The number of nitrogens with zero attached hydrogens (tertiary/aromatic N) is 1. The fourth-order valence-corrected chi connectivity index (χ4v) is 3.94. The molecule has 0 aromatic heterocycles. The van der Waals surface area contributed by atoms with Crippen molar-refractivity contribution in [1.29, 1.82) is 0 Å². The van der Waals surface area contributed by atoms with Crippen molar-refractivity contribution in [2.45, 2.75) is 6.92 Å². The lowest BCUT2D eigenvalue weighted by Gasteiger charge is -2.43. The van der Waals surface area contributed by atoms with Gasteiger partial charge in [-0.2, -0.15) is 0 Å². The molecule has 0 unspecified atom stereocenters. The predicted octanol–water partition coefficient (Wildman–Crippen LogP) is 3.91. The highest BCUT2D eigenvalue weighted by Crippen LogP contribution is 2.34. The highest BCUT2D eigenvalue weighted by Gasteiger charge is 2.41. The van der Waals surface area contributed by atoms with E-state index in [1.807, 2.05) is 23.1 Å². The van der Waals surface area contributed by atoms with Gasteiger partial charge in [0.2, 0.25) is 0 Å². The Hall–Kier alpha value is -1.85. The topological polar surface area (TPSA) is 38.8 Å². The number of hydrogen-bond acceptors (Lipinski definition) is 3. The van der Waals surface area contributed by atoms with Gasteiger partial charge in [0.25, 0.3) is 5.91 Å². The van der Waals surface area contributed by atoms with Crippen LogP contribution in [-0.2, 0) is 4.74 Å². The van der Waals surface area contributed by atoms with Crippen molar-refractivity contribution in [3.63, 3.8) is 0 Å². The van der Waals surface area contributed by atoms with E-state index in [0.717, 1.165) is 16.5 Å². The van der Waals surface area contributed by atoms with Gasteiger partial charge in [0.1, 0.15) is 12.4 Å². The largest absolute Gasteiger partial charge is 0.491 e. The summed E-state index contributed by atoms with van der Waals surface area (Å²) in [5.74, 6) is 0.713. The monoisotopic (exact) mass is 415 g/mol. The molecule has 2 heterocycles. The number of ether oxygens (including phenoxy) is 2. The van der Waals surface area contributed by atoms with Gasteiger partial charge in [0.15, 0.2) is 0 Å². The molecule has 4 rings (SSSR count). The Morgan fingerprint density at radius 3 is 2.50 bits per heavy atom. The summed E-state index contributed by atoms with van der Waals surface area (Å²) >= 11 is 3.58. The van der Waals surface area contributed by atoms with Crippen molar-refractivity contribution >= 4 is 21.8 Å². The summed E-state index contributed by atoms with van der Waals surface area (Å²) in [5.41, 5.74) is 4.02. The fraction of sp³-hybridized carbons (Fsp3) is 0.381. The third-order valence-corrected chi connectivity index (χ3v) is 6.32. The molecule has 0 bridgehead atoms. The summed E-state index contributed by atoms with van der Waals surface area (Å²) in [6, 6.07) is 14.2. The maximum Gasteiger partial charge on any atom is 0.257 e. The van der Waals surface area contributed by atoms with Crippen LogP contribution in [0.25, 0.3) is 11.1 Å². The zero-order chi connectivity index (χ0) is 18.1. The molecule has 5 heteroatoms. The Labute approximate surface area is 162 Å². The first-order valence-corrected chi connectivity index (χ1v) is 9.99. The number of fused-ring (bicyclic) bond motifs is 1. The molecule has 2 aromatic rings. The first kappa shape index (κ1) is 17.6.